The summed E-state index contributed by atoms with van der Waals surface area (Å²) in [7, 11) is 0. The van der Waals surface area contributed by atoms with E-state index in [9.17, 15) is 9.59 Å². The highest BCUT2D eigenvalue weighted by atomic mass is 16.4. The summed E-state index contributed by atoms with van der Waals surface area (Å²) in [6.45, 7) is 1.57. The van der Waals surface area contributed by atoms with E-state index in [4.69, 9.17) is 5.11 Å². The van der Waals surface area contributed by atoms with Crippen LogP contribution in [-0.2, 0) is 9.59 Å². The third kappa shape index (κ3) is 3.43. The van der Waals surface area contributed by atoms with Gasteiger partial charge in [-0.1, -0.05) is 12.8 Å². The zero-order chi connectivity index (χ0) is 12.3. The van der Waals surface area contributed by atoms with Crippen LogP contribution in [0.4, 0.5) is 0 Å². The quantitative estimate of drug-likeness (QED) is 0.748. The Morgan fingerprint density at radius 2 is 1.94 bits per heavy atom. The van der Waals surface area contributed by atoms with Gasteiger partial charge in [-0.3, -0.25) is 14.5 Å². The first kappa shape index (κ1) is 12.4. The highest BCUT2D eigenvalue weighted by Crippen LogP contribution is 2.18. The molecule has 5 heteroatoms. The van der Waals surface area contributed by atoms with Crippen LogP contribution in [0.15, 0.2) is 0 Å². The summed E-state index contributed by atoms with van der Waals surface area (Å²) >= 11 is 0. The van der Waals surface area contributed by atoms with Crippen molar-refractivity contribution in [2.24, 2.45) is 5.92 Å². The van der Waals surface area contributed by atoms with Gasteiger partial charge >= 0.3 is 5.97 Å². The molecule has 0 aromatic rings. The van der Waals surface area contributed by atoms with Crippen LogP contribution in [0.5, 0.6) is 0 Å². The number of carbonyl (C=O) groups is 2. The zero-order valence-corrected chi connectivity index (χ0v) is 10.0. The molecule has 5 nitrogen and oxygen atoms in total. The molecule has 1 amide bonds. The third-order valence-corrected chi connectivity index (χ3v) is 3.71. The number of carbonyl (C=O) groups excluding carboxylic acids is 1. The van der Waals surface area contributed by atoms with Crippen molar-refractivity contribution in [2.75, 3.05) is 19.6 Å². The van der Waals surface area contributed by atoms with E-state index in [0.29, 0.717) is 25.6 Å². The Hall–Kier alpha value is -1.10. The standard InChI is InChI=1S/C12H20N2O3/c15-11(13-10-3-1-2-4-10)8-14-6-5-9(7-14)12(16)17/h9-10H,1-8H2,(H,13,15)(H,16,17)/t9-/m0/s1. The van der Waals surface area contributed by atoms with Crippen molar-refractivity contribution in [2.45, 2.75) is 38.1 Å². The fourth-order valence-electron chi connectivity index (χ4n) is 2.72. The molecule has 1 aliphatic heterocycles. The highest BCUT2D eigenvalue weighted by Gasteiger charge is 2.29. The van der Waals surface area contributed by atoms with Crippen molar-refractivity contribution in [3.63, 3.8) is 0 Å². The fourth-order valence-corrected chi connectivity index (χ4v) is 2.72. The smallest absolute Gasteiger partial charge is 0.307 e. The molecule has 0 bridgehead atoms. The molecule has 2 fully saturated rings. The zero-order valence-electron chi connectivity index (χ0n) is 10.0. The van der Waals surface area contributed by atoms with Gasteiger partial charge in [0.2, 0.25) is 5.91 Å². The van der Waals surface area contributed by atoms with Gasteiger partial charge in [0.1, 0.15) is 0 Å². The molecule has 2 N–H and O–H groups in total. The Kier molecular flexibility index (Phi) is 3.99. The second-order valence-electron chi connectivity index (χ2n) is 5.11. The normalized spacial score (nSPS) is 26.2. The van der Waals surface area contributed by atoms with Crippen molar-refractivity contribution in [1.82, 2.24) is 10.2 Å². The van der Waals surface area contributed by atoms with Crippen molar-refractivity contribution < 1.29 is 14.7 Å². The van der Waals surface area contributed by atoms with Crippen molar-refractivity contribution >= 4 is 11.9 Å². The van der Waals surface area contributed by atoms with Crippen molar-refractivity contribution in [3.05, 3.63) is 0 Å². The highest BCUT2D eigenvalue weighted by molar-refractivity contribution is 5.78. The number of carboxylic acid groups (broad SMARTS) is 1. The Balaban J connectivity index is 1.70. The molecule has 1 heterocycles. The Bertz CT molecular complexity index is 300. The second-order valence-corrected chi connectivity index (χ2v) is 5.11. The van der Waals surface area contributed by atoms with Gasteiger partial charge < -0.3 is 10.4 Å². The molecule has 2 aliphatic rings. The fraction of sp³-hybridized carbons (Fsp3) is 0.833. The summed E-state index contributed by atoms with van der Waals surface area (Å²) < 4.78 is 0. The summed E-state index contributed by atoms with van der Waals surface area (Å²) in [5.41, 5.74) is 0. The van der Waals surface area contributed by atoms with Crippen LogP contribution in [0.1, 0.15) is 32.1 Å². The van der Waals surface area contributed by atoms with Gasteiger partial charge in [0.15, 0.2) is 0 Å². The van der Waals surface area contributed by atoms with Crippen LogP contribution in [0.25, 0.3) is 0 Å². The van der Waals surface area contributed by atoms with Gasteiger partial charge in [-0.05, 0) is 25.8 Å². The molecule has 0 unspecified atom stereocenters. The average Bonchev–Trinajstić information content (AvgIpc) is 2.88. The van der Waals surface area contributed by atoms with Crippen LogP contribution in [0.2, 0.25) is 0 Å². The minimum atomic E-state index is -0.747. The first-order valence-corrected chi connectivity index (χ1v) is 6.39. The molecule has 1 saturated heterocycles. The topological polar surface area (TPSA) is 69.6 Å². The SMILES string of the molecule is O=C(CN1CC[C@H](C(=O)O)C1)NC1CCCC1. The molecule has 2 rings (SSSR count). The molecular weight excluding hydrogens is 220 g/mol. The van der Waals surface area contributed by atoms with Gasteiger partial charge in [0, 0.05) is 12.6 Å². The second kappa shape index (κ2) is 5.49. The Morgan fingerprint density at radius 3 is 2.53 bits per heavy atom. The van der Waals surface area contributed by atoms with Crippen LogP contribution in [-0.4, -0.2) is 47.6 Å². The minimum absolute atomic E-state index is 0.0444. The van der Waals surface area contributed by atoms with E-state index in [2.05, 4.69) is 5.32 Å². The number of likely N-dealkylation sites (tertiary alicyclic amines) is 1. The lowest BCUT2D eigenvalue weighted by Gasteiger charge is -2.17. The number of nitrogens with one attached hydrogen (secondary N) is 1. The van der Waals surface area contributed by atoms with Crippen LogP contribution >= 0.6 is 0 Å². The lowest BCUT2D eigenvalue weighted by molar-refractivity contribution is -0.141. The molecule has 0 spiro atoms. The van der Waals surface area contributed by atoms with Crippen LogP contribution < -0.4 is 5.32 Å². The predicted molar refractivity (Wildman–Crippen MR) is 62.6 cm³/mol. The number of rotatable bonds is 4. The predicted octanol–water partition coefficient (Wildman–Crippen LogP) is 0.452. The van der Waals surface area contributed by atoms with Gasteiger partial charge in [-0.2, -0.15) is 0 Å². The summed E-state index contributed by atoms with van der Waals surface area (Å²) in [5.74, 6) is -0.999. The molecule has 0 aromatic carbocycles. The molecular formula is C12H20N2O3. The van der Waals surface area contributed by atoms with E-state index in [1.54, 1.807) is 0 Å². The summed E-state index contributed by atoms with van der Waals surface area (Å²) in [4.78, 5) is 24.4. The average molecular weight is 240 g/mol. The minimum Gasteiger partial charge on any atom is -0.481 e. The molecule has 0 radical (unpaired) electrons. The van der Waals surface area contributed by atoms with E-state index in [-0.39, 0.29) is 11.8 Å². The molecule has 17 heavy (non-hydrogen) atoms. The third-order valence-electron chi connectivity index (χ3n) is 3.71. The van der Waals surface area contributed by atoms with Gasteiger partial charge in [0.05, 0.1) is 12.5 Å². The Morgan fingerprint density at radius 1 is 1.24 bits per heavy atom. The molecule has 96 valence electrons. The number of hydrogen-bond donors (Lipinski definition) is 2. The maximum atomic E-state index is 11.7. The number of nitrogens with zero attached hydrogens (tertiary/aromatic N) is 1. The van der Waals surface area contributed by atoms with Crippen molar-refractivity contribution in [1.29, 1.82) is 0 Å². The summed E-state index contributed by atoms with van der Waals surface area (Å²) in [6.07, 6.45) is 5.24. The molecule has 1 atom stereocenters. The maximum Gasteiger partial charge on any atom is 0.307 e. The maximum absolute atomic E-state index is 11.7. The van der Waals surface area contributed by atoms with Crippen molar-refractivity contribution in [3.8, 4) is 0 Å². The van der Waals surface area contributed by atoms with Crippen LogP contribution in [0.3, 0.4) is 0 Å². The molecule has 1 aliphatic carbocycles. The molecule has 0 aromatic heterocycles. The summed E-state index contributed by atoms with van der Waals surface area (Å²) in [5, 5.41) is 11.9. The van der Waals surface area contributed by atoms with Gasteiger partial charge in [0.25, 0.3) is 0 Å². The van der Waals surface area contributed by atoms with Gasteiger partial charge in [-0.15, -0.1) is 0 Å². The monoisotopic (exact) mass is 240 g/mol. The lowest BCUT2D eigenvalue weighted by Crippen LogP contribution is -2.40. The van der Waals surface area contributed by atoms with E-state index in [1.807, 2.05) is 4.90 Å². The molecule has 1 saturated carbocycles. The summed E-state index contributed by atoms with van der Waals surface area (Å²) in [6, 6.07) is 0.348. The number of aliphatic carboxylic acids is 1. The first-order valence-electron chi connectivity index (χ1n) is 6.39. The van der Waals surface area contributed by atoms with Crippen LogP contribution in [0, 0.1) is 5.92 Å². The number of hydrogen-bond acceptors (Lipinski definition) is 3. The first-order chi connectivity index (χ1) is 8.15. The Labute approximate surface area is 101 Å². The largest absolute Gasteiger partial charge is 0.481 e. The number of amides is 1. The lowest BCUT2D eigenvalue weighted by atomic mass is 10.1. The van der Waals surface area contributed by atoms with E-state index >= 15 is 0 Å². The van der Waals surface area contributed by atoms with Gasteiger partial charge in [-0.25, -0.2) is 0 Å². The number of carboxylic acids is 1. The van der Waals surface area contributed by atoms with E-state index < -0.39 is 5.97 Å². The van der Waals surface area contributed by atoms with E-state index in [0.717, 1.165) is 19.4 Å². The van der Waals surface area contributed by atoms with E-state index in [1.165, 1.54) is 12.8 Å².